The Morgan fingerprint density at radius 3 is 1.69 bits per heavy atom. The predicted molar refractivity (Wildman–Crippen MR) is 288 cm³/mol. The van der Waals surface area contributed by atoms with Gasteiger partial charge in [0.2, 0.25) is 0 Å². The molecule has 1 aromatic heterocycles. The van der Waals surface area contributed by atoms with E-state index in [9.17, 15) is 0 Å². The standard InChI is InChI=1S/C66H49NS/c1-4-14-45(15-5-1)54-23-12-16-47-17-13-24-55(64(47)54)46-26-29-51(30-27-46)67(53-32-34-58-57-22-10-11-25-62(57)68-63(58)42-53)52-31-33-56-59-40-50(65-38-36-44(43-65)37-39-65)28-35-60(59)66(61(56)41-52,48-18-6-2-7-19-48)49-20-8-3-9-21-49/h1-35,40-42,44H,36-39,43H2. The van der Waals surface area contributed by atoms with Gasteiger partial charge in [-0.1, -0.05) is 188 Å². The van der Waals surface area contributed by atoms with Crippen LogP contribution in [0.5, 0.6) is 0 Å². The van der Waals surface area contributed by atoms with E-state index in [-0.39, 0.29) is 0 Å². The molecule has 2 fully saturated rings. The first-order chi connectivity index (χ1) is 33.6. The zero-order chi connectivity index (χ0) is 44.8. The fourth-order valence-electron chi connectivity index (χ4n) is 13.1. The van der Waals surface area contributed by atoms with Gasteiger partial charge < -0.3 is 4.90 Å². The van der Waals surface area contributed by atoms with Gasteiger partial charge in [0.05, 0.1) is 5.41 Å². The van der Waals surface area contributed by atoms with Crippen molar-refractivity contribution >= 4 is 59.3 Å². The van der Waals surface area contributed by atoms with Crippen molar-refractivity contribution in [3.63, 3.8) is 0 Å². The van der Waals surface area contributed by atoms with Gasteiger partial charge in [-0.05, 0) is 158 Å². The molecule has 0 saturated heterocycles. The van der Waals surface area contributed by atoms with Gasteiger partial charge in [0.15, 0.2) is 0 Å². The van der Waals surface area contributed by atoms with Crippen LogP contribution in [0.1, 0.15) is 59.9 Å². The SMILES string of the molecule is c1ccc(-c2cccc3cccc(-c4ccc(N(c5ccc6c(c5)C(c5ccccc5)(c5ccccc5)c5ccc(C78CCC(CC7)C8)cc5-6)c5ccc6c(c5)sc5ccccc56)cc4)c23)cc1. The second kappa shape index (κ2) is 15.5. The Morgan fingerprint density at radius 2 is 1.00 bits per heavy atom. The molecule has 1 heterocycles. The summed E-state index contributed by atoms with van der Waals surface area (Å²) in [5.41, 5.74) is 17.7. The Hall–Kier alpha value is -7.52. The Kier molecular flexibility index (Phi) is 9.05. The number of hydrogen-bond donors (Lipinski definition) is 0. The lowest BCUT2D eigenvalue weighted by atomic mass is 9.67. The molecule has 2 saturated carbocycles. The van der Waals surface area contributed by atoms with E-state index in [2.05, 4.69) is 235 Å². The molecule has 0 spiro atoms. The minimum atomic E-state index is -0.511. The average molecular weight is 888 g/mol. The predicted octanol–water partition coefficient (Wildman–Crippen LogP) is 18.2. The van der Waals surface area contributed by atoms with E-state index in [0.29, 0.717) is 5.41 Å². The fourth-order valence-corrected chi connectivity index (χ4v) is 14.2. The summed E-state index contributed by atoms with van der Waals surface area (Å²) in [6, 6.07) is 87.1. The van der Waals surface area contributed by atoms with Crippen LogP contribution in [0.25, 0.3) is 64.3 Å². The minimum absolute atomic E-state index is 0.313. The lowest BCUT2D eigenvalue weighted by Gasteiger charge is -2.35. The van der Waals surface area contributed by atoms with Gasteiger partial charge in [-0.25, -0.2) is 0 Å². The molecule has 0 N–H and O–H groups in total. The summed E-state index contributed by atoms with van der Waals surface area (Å²) in [5, 5.41) is 5.14. The zero-order valence-corrected chi connectivity index (χ0v) is 38.7. The van der Waals surface area contributed by atoms with E-state index in [4.69, 9.17) is 0 Å². The lowest BCUT2D eigenvalue weighted by molar-refractivity contribution is 0.419. The van der Waals surface area contributed by atoms with Crippen LogP contribution in [0.15, 0.2) is 231 Å². The van der Waals surface area contributed by atoms with Crippen molar-refractivity contribution < 1.29 is 0 Å². The molecule has 2 bridgehead atoms. The molecule has 0 atom stereocenters. The molecule has 0 radical (unpaired) electrons. The molecule has 3 aliphatic carbocycles. The van der Waals surface area contributed by atoms with Gasteiger partial charge in [0, 0.05) is 37.2 Å². The van der Waals surface area contributed by atoms with E-state index in [1.54, 1.807) is 5.56 Å². The molecule has 68 heavy (non-hydrogen) atoms. The molecule has 3 aliphatic rings. The maximum Gasteiger partial charge on any atom is 0.0714 e. The van der Waals surface area contributed by atoms with Gasteiger partial charge in [-0.2, -0.15) is 0 Å². The third kappa shape index (κ3) is 6.00. The number of anilines is 3. The van der Waals surface area contributed by atoms with Crippen LogP contribution in [0.3, 0.4) is 0 Å². The van der Waals surface area contributed by atoms with Crippen LogP contribution >= 0.6 is 11.3 Å². The molecular weight excluding hydrogens is 839 g/mol. The molecular formula is C66H49NS. The molecule has 2 heteroatoms. The number of hydrogen-bond acceptors (Lipinski definition) is 2. The maximum atomic E-state index is 2.62. The third-order valence-corrected chi connectivity index (χ3v) is 17.3. The molecule has 11 aromatic rings. The van der Waals surface area contributed by atoms with E-state index in [1.807, 2.05) is 11.3 Å². The van der Waals surface area contributed by atoms with E-state index >= 15 is 0 Å². The average Bonchev–Trinajstić information content (AvgIpc) is 4.20. The fraction of sp³-hybridized carbons (Fsp3) is 0.121. The first-order valence-electron chi connectivity index (χ1n) is 24.4. The summed E-state index contributed by atoms with van der Waals surface area (Å²) in [6.07, 6.45) is 6.72. The maximum absolute atomic E-state index is 2.62. The monoisotopic (exact) mass is 887 g/mol. The highest BCUT2D eigenvalue weighted by molar-refractivity contribution is 7.25. The Balaban J connectivity index is 0.981. The number of thiophene rings is 1. The van der Waals surface area contributed by atoms with Gasteiger partial charge in [-0.15, -0.1) is 11.3 Å². The van der Waals surface area contributed by atoms with Crippen molar-refractivity contribution in [2.45, 2.75) is 42.9 Å². The molecule has 0 aliphatic heterocycles. The molecule has 10 aromatic carbocycles. The quantitative estimate of drug-likeness (QED) is 0.147. The van der Waals surface area contributed by atoms with Gasteiger partial charge >= 0.3 is 0 Å². The number of nitrogens with zero attached hydrogens (tertiary/aromatic N) is 1. The van der Waals surface area contributed by atoms with Gasteiger partial charge in [0.1, 0.15) is 0 Å². The molecule has 0 unspecified atom stereocenters. The van der Waals surface area contributed by atoms with Crippen molar-refractivity contribution in [1.29, 1.82) is 0 Å². The second-order valence-corrected chi connectivity index (χ2v) is 20.7. The first kappa shape index (κ1) is 39.6. The molecule has 0 amide bonds. The van der Waals surface area contributed by atoms with Crippen LogP contribution in [-0.2, 0) is 10.8 Å². The summed E-state index contributed by atoms with van der Waals surface area (Å²) in [7, 11) is 0. The number of fused-ring (bicyclic) bond motifs is 9. The van der Waals surface area contributed by atoms with Gasteiger partial charge in [0.25, 0.3) is 0 Å². The summed E-state index contributed by atoms with van der Waals surface area (Å²) in [5.74, 6) is 0.886. The minimum Gasteiger partial charge on any atom is -0.310 e. The van der Waals surface area contributed by atoms with Crippen molar-refractivity contribution in [2.75, 3.05) is 4.90 Å². The van der Waals surface area contributed by atoms with Crippen LogP contribution in [-0.4, -0.2) is 0 Å². The highest BCUT2D eigenvalue weighted by atomic mass is 32.1. The van der Waals surface area contributed by atoms with Crippen molar-refractivity contribution in [2.24, 2.45) is 5.92 Å². The van der Waals surface area contributed by atoms with Crippen LogP contribution in [0.2, 0.25) is 0 Å². The van der Waals surface area contributed by atoms with Crippen LogP contribution in [0.4, 0.5) is 17.1 Å². The zero-order valence-electron chi connectivity index (χ0n) is 37.9. The third-order valence-electron chi connectivity index (χ3n) is 16.2. The molecule has 14 rings (SSSR count). The van der Waals surface area contributed by atoms with Crippen molar-refractivity contribution in [1.82, 2.24) is 0 Å². The molecule has 1 nitrogen and oxygen atoms in total. The number of benzene rings is 10. The highest BCUT2D eigenvalue weighted by Gasteiger charge is 2.49. The normalized spacial score (nSPS) is 17.7. The van der Waals surface area contributed by atoms with E-state index < -0.39 is 5.41 Å². The van der Waals surface area contributed by atoms with Crippen LogP contribution < -0.4 is 4.90 Å². The Morgan fingerprint density at radius 1 is 0.397 bits per heavy atom. The largest absolute Gasteiger partial charge is 0.310 e. The first-order valence-corrected chi connectivity index (χ1v) is 25.3. The lowest BCUT2D eigenvalue weighted by Crippen LogP contribution is -2.29. The Labute approximate surface area is 402 Å². The van der Waals surface area contributed by atoms with E-state index in [0.717, 1.165) is 23.0 Å². The van der Waals surface area contributed by atoms with Crippen molar-refractivity contribution in [3.8, 4) is 33.4 Å². The summed E-state index contributed by atoms with van der Waals surface area (Å²) in [6.45, 7) is 0. The second-order valence-electron chi connectivity index (χ2n) is 19.6. The number of rotatable bonds is 8. The van der Waals surface area contributed by atoms with E-state index in [1.165, 1.54) is 119 Å². The smallest absolute Gasteiger partial charge is 0.0714 e. The summed E-state index contributed by atoms with van der Waals surface area (Å²) in [4.78, 5) is 2.50. The van der Waals surface area contributed by atoms with Gasteiger partial charge in [-0.3, -0.25) is 0 Å². The molecule has 324 valence electrons. The highest BCUT2D eigenvalue weighted by Crippen LogP contribution is 2.61. The topological polar surface area (TPSA) is 3.24 Å². The van der Waals surface area contributed by atoms with Crippen molar-refractivity contribution in [3.05, 3.63) is 258 Å². The summed E-state index contributed by atoms with van der Waals surface area (Å²) >= 11 is 1.88. The summed E-state index contributed by atoms with van der Waals surface area (Å²) < 4.78 is 2.61. The van der Waals surface area contributed by atoms with Crippen LogP contribution in [0, 0.1) is 5.92 Å². The Bertz CT molecular complexity index is 3660.